The third-order valence-electron chi connectivity index (χ3n) is 3.21. The molecule has 0 aliphatic heterocycles. The maximum Gasteiger partial charge on any atom is 0.340 e. The molecule has 1 amide bonds. The zero-order chi connectivity index (χ0) is 18.2. The maximum absolute atomic E-state index is 11.8. The molecule has 1 N–H and O–H groups in total. The normalized spacial score (nSPS) is 10.0. The molecule has 1 heterocycles. The van der Waals surface area contributed by atoms with Crippen LogP contribution in [0.3, 0.4) is 0 Å². The Balaban J connectivity index is 1.83. The highest BCUT2D eigenvalue weighted by Gasteiger charge is 2.11. The van der Waals surface area contributed by atoms with Crippen molar-refractivity contribution in [1.29, 1.82) is 0 Å². The number of benzene rings is 1. The molecule has 0 radical (unpaired) electrons. The molecule has 132 valence electrons. The van der Waals surface area contributed by atoms with Crippen molar-refractivity contribution < 1.29 is 23.8 Å². The number of amides is 1. The van der Waals surface area contributed by atoms with E-state index in [9.17, 15) is 9.59 Å². The van der Waals surface area contributed by atoms with Crippen molar-refractivity contribution >= 4 is 27.8 Å². The van der Waals surface area contributed by atoms with Crippen molar-refractivity contribution in [3.63, 3.8) is 0 Å². The number of halogens is 1. The number of ether oxygens (including phenoxy) is 3. The minimum absolute atomic E-state index is 0.266. The smallest absolute Gasteiger partial charge is 0.340 e. The standard InChI is InChI=1S/C17H17BrN2O5/c1-23-14-4-3-11(5-15(14)24-2)7-20-16(21)10-25-17(22)12-6-13(18)9-19-8-12/h3-6,8-9H,7,10H2,1-2H3,(H,20,21). The Morgan fingerprint density at radius 1 is 1.12 bits per heavy atom. The largest absolute Gasteiger partial charge is 0.493 e. The predicted octanol–water partition coefficient (Wildman–Crippen LogP) is 2.33. The molecule has 0 unspecified atom stereocenters. The molecule has 2 rings (SSSR count). The summed E-state index contributed by atoms with van der Waals surface area (Å²) in [6, 6.07) is 6.89. The zero-order valence-corrected chi connectivity index (χ0v) is 15.3. The van der Waals surface area contributed by atoms with E-state index < -0.39 is 11.9 Å². The third kappa shape index (κ3) is 5.46. The fourth-order valence-corrected chi connectivity index (χ4v) is 2.35. The molecule has 25 heavy (non-hydrogen) atoms. The number of aromatic nitrogens is 1. The molecule has 0 saturated heterocycles. The van der Waals surface area contributed by atoms with Crippen molar-refractivity contribution in [3.8, 4) is 11.5 Å². The number of hydrogen-bond acceptors (Lipinski definition) is 6. The number of carbonyl (C=O) groups excluding carboxylic acids is 2. The molecule has 0 aliphatic rings. The maximum atomic E-state index is 11.8. The van der Waals surface area contributed by atoms with Gasteiger partial charge in [0.05, 0.1) is 19.8 Å². The fraction of sp³-hybridized carbons (Fsp3) is 0.235. The average Bonchev–Trinajstić information content (AvgIpc) is 2.64. The lowest BCUT2D eigenvalue weighted by molar-refractivity contribution is -0.124. The van der Waals surface area contributed by atoms with Crippen LogP contribution in [0, 0.1) is 0 Å². The van der Waals surface area contributed by atoms with Gasteiger partial charge in [0.2, 0.25) is 0 Å². The Morgan fingerprint density at radius 3 is 2.56 bits per heavy atom. The first-order chi connectivity index (χ1) is 12.0. The second kappa shape index (κ2) is 9.03. The van der Waals surface area contributed by atoms with Gasteiger partial charge in [-0.25, -0.2) is 4.79 Å². The number of pyridine rings is 1. The monoisotopic (exact) mass is 408 g/mol. The number of carbonyl (C=O) groups is 2. The first-order valence-electron chi connectivity index (χ1n) is 7.28. The van der Waals surface area contributed by atoms with E-state index in [2.05, 4.69) is 26.2 Å². The van der Waals surface area contributed by atoms with E-state index in [0.29, 0.717) is 16.0 Å². The van der Waals surface area contributed by atoms with Gasteiger partial charge in [-0.05, 0) is 39.7 Å². The molecule has 0 saturated carbocycles. The van der Waals surface area contributed by atoms with Crippen LogP contribution in [0.5, 0.6) is 11.5 Å². The fourth-order valence-electron chi connectivity index (χ4n) is 1.98. The van der Waals surface area contributed by atoms with Crippen LogP contribution in [-0.2, 0) is 16.1 Å². The molecule has 7 nitrogen and oxygen atoms in total. The Morgan fingerprint density at radius 2 is 1.88 bits per heavy atom. The third-order valence-corrected chi connectivity index (χ3v) is 3.65. The van der Waals surface area contributed by atoms with Gasteiger partial charge in [0, 0.05) is 23.4 Å². The number of nitrogens with zero attached hydrogens (tertiary/aromatic N) is 1. The molecule has 0 atom stereocenters. The van der Waals surface area contributed by atoms with Crippen LogP contribution in [0.1, 0.15) is 15.9 Å². The van der Waals surface area contributed by atoms with E-state index in [0.717, 1.165) is 5.56 Å². The van der Waals surface area contributed by atoms with E-state index in [1.165, 1.54) is 13.3 Å². The summed E-state index contributed by atoms with van der Waals surface area (Å²) in [7, 11) is 3.09. The minimum atomic E-state index is -0.616. The number of methoxy groups -OCH3 is 2. The van der Waals surface area contributed by atoms with Gasteiger partial charge in [0.1, 0.15) is 0 Å². The molecule has 0 aliphatic carbocycles. The lowest BCUT2D eigenvalue weighted by Gasteiger charge is -2.10. The molecule has 0 bridgehead atoms. The molecular formula is C17H17BrN2O5. The summed E-state index contributed by atoms with van der Waals surface area (Å²) in [5, 5.41) is 2.67. The summed E-state index contributed by atoms with van der Waals surface area (Å²) in [5.41, 5.74) is 1.09. The van der Waals surface area contributed by atoms with Crippen molar-refractivity contribution in [3.05, 3.63) is 52.3 Å². The Bertz CT molecular complexity index is 766. The van der Waals surface area contributed by atoms with Gasteiger partial charge in [0.25, 0.3) is 5.91 Å². The Hall–Kier alpha value is -2.61. The molecule has 1 aromatic carbocycles. The molecule has 0 fully saturated rings. The minimum Gasteiger partial charge on any atom is -0.493 e. The van der Waals surface area contributed by atoms with Gasteiger partial charge >= 0.3 is 5.97 Å². The summed E-state index contributed by atoms with van der Waals surface area (Å²) in [5.74, 6) is 0.151. The van der Waals surface area contributed by atoms with E-state index in [4.69, 9.17) is 14.2 Å². The summed E-state index contributed by atoms with van der Waals surface area (Å²) in [6.45, 7) is -0.103. The van der Waals surface area contributed by atoms with Crippen molar-refractivity contribution in [2.75, 3.05) is 20.8 Å². The van der Waals surface area contributed by atoms with E-state index in [-0.39, 0.29) is 18.7 Å². The van der Waals surface area contributed by atoms with Crippen LogP contribution in [0.4, 0.5) is 0 Å². The van der Waals surface area contributed by atoms with Crippen LogP contribution in [0.15, 0.2) is 41.1 Å². The van der Waals surface area contributed by atoms with Crippen molar-refractivity contribution in [1.82, 2.24) is 10.3 Å². The van der Waals surface area contributed by atoms with E-state index in [1.807, 2.05) is 0 Å². The van der Waals surface area contributed by atoms with Gasteiger partial charge in [-0.15, -0.1) is 0 Å². The van der Waals surface area contributed by atoms with Gasteiger partial charge < -0.3 is 19.5 Å². The molecule has 8 heteroatoms. The second-order valence-electron chi connectivity index (χ2n) is 4.93. The first-order valence-corrected chi connectivity index (χ1v) is 8.08. The Kier molecular flexibility index (Phi) is 6.76. The molecule has 1 aromatic heterocycles. The van der Waals surface area contributed by atoms with E-state index >= 15 is 0 Å². The molecular weight excluding hydrogens is 392 g/mol. The lowest BCUT2D eigenvalue weighted by atomic mass is 10.2. The number of esters is 1. The lowest BCUT2D eigenvalue weighted by Crippen LogP contribution is -2.28. The summed E-state index contributed by atoms with van der Waals surface area (Å²) < 4.78 is 16.0. The van der Waals surface area contributed by atoms with Crippen LogP contribution in [0.2, 0.25) is 0 Å². The van der Waals surface area contributed by atoms with Crippen molar-refractivity contribution in [2.24, 2.45) is 0 Å². The van der Waals surface area contributed by atoms with Crippen LogP contribution >= 0.6 is 15.9 Å². The predicted molar refractivity (Wildman–Crippen MR) is 93.6 cm³/mol. The highest BCUT2D eigenvalue weighted by molar-refractivity contribution is 9.10. The van der Waals surface area contributed by atoms with Gasteiger partial charge in [0.15, 0.2) is 18.1 Å². The number of hydrogen-bond donors (Lipinski definition) is 1. The summed E-state index contributed by atoms with van der Waals surface area (Å²) in [4.78, 5) is 27.5. The van der Waals surface area contributed by atoms with Crippen molar-refractivity contribution in [2.45, 2.75) is 6.54 Å². The van der Waals surface area contributed by atoms with Gasteiger partial charge in [-0.3, -0.25) is 9.78 Å². The second-order valence-corrected chi connectivity index (χ2v) is 5.85. The molecule has 2 aromatic rings. The number of nitrogens with one attached hydrogen (secondary N) is 1. The average molecular weight is 409 g/mol. The van der Waals surface area contributed by atoms with Crippen LogP contribution in [-0.4, -0.2) is 37.7 Å². The highest BCUT2D eigenvalue weighted by atomic mass is 79.9. The Labute approximate surface area is 153 Å². The van der Waals surface area contributed by atoms with Crippen LogP contribution in [0.25, 0.3) is 0 Å². The van der Waals surface area contributed by atoms with Gasteiger partial charge in [-0.2, -0.15) is 0 Å². The summed E-state index contributed by atoms with van der Waals surface area (Å²) in [6.07, 6.45) is 2.92. The summed E-state index contributed by atoms with van der Waals surface area (Å²) >= 11 is 3.21. The topological polar surface area (TPSA) is 86.8 Å². The molecule has 0 spiro atoms. The van der Waals surface area contributed by atoms with E-state index in [1.54, 1.807) is 37.6 Å². The zero-order valence-electron chi connectivity index (χ0n) is 13.7. The quantitative estimate of drug-likeness (QED) is 0.707. The number of rotatable bonds is 7. The van der Waals surface area contributed by atoms with Crippen LogP contribution < -0.4 is 14.8 Å². The first kappa shape index (κ1) is 18.7. The van der Waals surface area contributed by atoms with Gasteiger partial charge in [-0.1, -0.05) is 6.07 Å². The highest BCUT2D eigenvalue weighted by Crippen LogP contribution is 2.27. The SMILES string of the molecule is COc1ccc(CNC(=O)COC(=O)c2cncc(Br)c2)cc1OC.